The number of nitrogens with one attached hydrogen (secondary N) is 1. The van der Waals surface area contributed by atoms with Crippen LogP contribution in [0.15, 0.2) is 102 Å². The van der Waals surface area contributed by atoms with E-state index in [1.54, 1.807) is 24.3 Å². The zero-order valence-electron chi connectivity index (χ0n) is 26.5. The number of amides is 2. The number of carbonyl (C=O) groups excluding carboxylic acids is 2. The molecule has 0 spiro atoms. The van der Waals surface area contributed by atoms with Gasteiger partial charge in [0.25, 0.3) is 10.0 Å². The molecule has 236 valence electrons. The number of rotatable bonds is 13. The lowest BCUT2D eigenvalue weighted by Gasteiger charge is -2.34. The highest BCUT2D eigenvalue weighted by molar-refractivity contribution is 7.92. The van der Waals surface area contributed by atoms with Gasteiger partial charge in [0, 0.05) is 19.5 Å². The summed E-state index contributed by atoms with van der Waals surface area (Å²) in [5.74, 6) is -0.534. The fourth-order valence-corrected chi connectivity index (χ4v) is 6.58. The molecule has 8 nitrogen and oxygen atoms in total. The number of hydrogen-bond donors (Lipinski definition) is 1. The van der Waals surface area contributed by atoms with Gasteiger partial charge >= 0.3 is 0 Å². The monoisotopic (exact) mass is 627 g/mol. The van der Waals surface area contributed by atoms with E-state index in [0.717, 1.165) is 32.1 Å². The highest BCUT2D eigenvalue weighted by Crippen LogP contribution is 2.34. The molecule has 0 radical (unpaired) electrons. The maximum atomic E-state index is 14.6. The van der Waals surface area contributed by atoms with Crippen LogP contribution >= 0.6 is 0 Å². The minimum Gasteiger partial charge on any atom is -0.495 e. The second-order valence-corrected chi connectivity index (χ2v) is 12.9. The zero-order chi connectivity index (χ0) is 32.6. The molecule has 0 saturated carbocycles. The van der Waals surface area contributed by atoms with E-state index >= 15 is 0 Å². The van der Waals surface area contributed by atoms with Crippen molar-refractivity contribution in [2.45, 2.75) is 51.6 Å². The van der Waals surface area contributed by atoms with Crippen LogP contribution in [-0.2, 0) is 32.6 Å². The Labute approximate surface area is 266 Å². The second-order valence-electron chi connectivity index (χ2n) is 11.0. The maximum Gasteiger partial charge on any atom is 0.264 e. The Morgan fingerprint density at radius 2 is 1.49 bits per heavy atom. The molecule has 0 aliphatic heterocycles. The number of nitrogens with zero attached hydrogens (tertiary/aromatic N) is 2. The predicted molar refractivity (Wildman–Crippen MR) is 178 cm³/mol. The quantitative estimate of drug-likeness (QED) is 0.209. The molecule has 4 aromatic rings. The maximum absolute atomic E-state index is 14.6. The Bertz CT molecular complexity index is 1720. The average molecular weight is 628 g/mol. The van der Waals surface area contributed by atoms with Gasteiger partial charge in [0.15, 0.2) is 0 Å². The molecule has 1 atom stereocenters. The molecular formula is C36H41N3O5S. The SMILES string of the molecule is CCNC(=O)[C@H](Cc1ccccc1)N(Cc1ccccc1C)C(=O)CN(c1cc(C)ccc1OC)S(=O)(=O)c1ccc(C)cc1. The molecule has 2 amide bonds. The molecule has 0 heterocycles. The summed E-state index contributed by atoms with van der Waals surface area (Å²) in [4.78, 5) is 29.8. The van der Waals surface area contributed by atoms with Gasteiger partial charge in [-0.05, 0) is 74.2 Å². The molecule has 0 bridgehead atoms. The first kappa shape index (κ1) is 33.3. The van der Waals surface area contributed by atoms with Crippen LogP contribution < -0.4 is 14.4 Å². The van der Waals surface area contributed by atoms with Crippen LogP contribution in [0.25, 0.3) is 0 Å². The smallest absolute Gasteiger partial charge is 0.264 e. The van der Waals surface area contributed by atoms with Gasteiger partial charge in [0.05, 0.1) is 17.7 Å². The molecular weight excluding hydrogens is 586 g/mol. The standard InChI is InChI=1S/C36H41N3O5S/c1-6-37-36(41)33(23-29-13-8-7-9-14-29)38(24-30-15-11-10-12-28(30)4)35(40)25-39(32-22-27(3)18-21-34(32)44-5)45(42,43)31-19-16-26(2)17-20-31/h7-22,33H,6,23-25H2,1-5H3,(H,37,41)/t33-/m0/s1. The van der Waals surface area contributed by atoms with Crippen LogP contribution in [0.1, 0.15) is 34.7 Å². The molecule has 0 unspecified atom stereocenters. The highest BCUT2D eigenvalue weighted by atomic mass is 32.2. The second kappa shape index (κ2) is 14.9. The Morgan fingerprint density at radius 3 is 2.13 bits per heavy atom. The van der Waals surface area contributed by atoms with E-state index in [1.165, 1.54) is 24.1 Å². The third kappa shape index (κ3) is 8.10. The fourth-order valence-electron chi connectivity index (χ4n) is 5.16. The van der Waals surface area contributed by atoms with Crippen molar-refractivity contribution in [2.75, 3.05) is 24.5 Å². The van der Waals surface area contributed by atoms with Crippen LogP contribution in [-0.4, -0.2) is 51.4 Å². The van der Waals surface area contributed by atoms with Gasteiger partial charge < -0.3 is 15.0 Å². The normalized spacial score (nSPS) is 11.8. The lowest BCUT2D eigenvalue weighted by Crippen LogP contribution is -2.53. The van der Waals surface area contributed by atoms with E-state index in [-0.39, 0.29) is 29.5 Å². The number of hydrogen-bond acceptors (Lipinski definition) is 5. The van der Waals surface area contributed by atoms with Crippen molar-refractivity contribution in [3.63, 3.8) is 0 Å². The van der Waals surface area contributed by atoms with E-state index in [1.807, 2.05) is 88.4 Å². The summed E-state index contributed by atoms with van der Waals surface area (Å²) in [5, 5.41) is 2.89. The van der Waals surface area contributed by atoms with Crippen molar-refractivity contribution >= 4 is 27.5 Å². The number of methoxy groups -OCH3 is 1. The molecule has 1 N–H and O–H groups in total. The van der Waals surface area contributed by atoms with Gasteiger partial charge in [0.1, 0.15) is 18.3 Å². The van der Waals surface area contributed by atoms with Crippen molar-refractivity contribution in [1.82, 2.24) is 10.2 Å². The third-order valence-corrected chi connectivity index (χ3v) is 9.49. The van der Waals surface area contributed by atoms with Crippen molar-refractivity contribution < 1.29 is 22.7 Å². The summed E-state index contributed by atoms with van der Waals surface area (Å²) >= 11 is 0. The number of anilines is 1. The summed E-state index contributed by atoms with van der Waals surface area (Å²) < 4.78 is 35.3. The minimum atomic E-state index is -4.24. The van der Waals surface area contributed by atoms with E-state index < -0.39 is 28.5 Å². The van der Waals surface area contributed by atoms with E-state index in [4.69, 9.17) is 4.74 Å². The Morgan fingerprint density at radius 1 is 0.844 bits per heavy atom. The summed E-state index contributed by atoms with van der Waals surface area (Å²) in [6, 6.07) is 27.9. The largest absolute Gasteiger partial charge is 0.495 e. The summed E-state index contributed by atoms with van der Waals surface area (Å²) in [6.45, 7) is 7.43. The van der Waals surface area contributed by atoms with Crippen LogP contribution in [0.3, 0.4) is 0 Å². The minimum absolute atomic E-state index is 0.0412. The first-order chi connectivity index (χ1) is 21.5. The molecule has 0 aliphatic carbocycles. The lowest BCUT2D eigenvalue weighted by atomic mass is 10.0. The molecule has 9 heteroatoms. The highest BCUT2D eigenvalue weighted by Gasteiger charge is 2.35. The summed E-state index contributed by atoms with van der Waals surface area (Å²) in [6.07, 6.45) is 0.253. The third-order valence-electron chi connectivity index (χ3n) is 7.71. The molecule has 4 rings (SSSR count). The number of ether oxygens (including phenoxy) is 1. The summed E-state index contributed by atoms with van der Waals surface area (Å²) in [7, 11) is -2.78. The number of aryl methyl sites for hydroxylation is 3. The van der Waals surface area contributed by atoms with E-state index in [2.05, 4.69) is 5.32 Å². The van der Waals surface area contributed by atoms with Crippen molar-refractivity contribution in [3.8, 4) is 5.75 Å². The number of carbonyl (C=O) groups is 2. The molecule has 0 saturated heterocycles. The van der Waals surface area contributed by atoms with E-state index in [9.17, 15) is 18.0 Å². The Balaban J connectivity index is 1.85. The Hall–Kier alpha value is -4.63. The fraction of sp³-hybridized carbons (Fsp3) is 0.278. The number of likely N-dealkylation sites (N-methyl/N-ethyl adjacent to an activating group) is 1. The first-order valence-corrected chi connectivity index (χ1v) is 16.4. The average Bonchev–Trinajstić information content (AvgIpc) is 3.03. The van der Waals surface area contributed by atoms with Gasteiger partial charge in [-0.25, -0.2) is 8.42 Å². The van der Waals surface area contributed by atoms with Gasteiger partial charge in [-0.3, -0.25) is 13.9 Å². The summed E-state index contributed by atoms with van der Waals surface area (Å²) in [5.41, 5.74) is 4.62. The molecule has 4 aromatic carbocycles. The van der Waals surface area contributed by atoms with E-state index in [0.29, 0.717) is 12.3 Å². The zero-order valence-corrected chi connectivity index (χ0v) is 27.3. The van der Waals surface area contributed by atoms with Gasteiger partial charge in [-0.1, -0.05) is 78.4 Å². The van der Waals surface area contributed by atoms with Gasteiger partial charge in [0.2, 0.25) is 11.8 Å². The molecule has 0 aromatic heterocycles. The lowest BCUT2D eigenvalue weighted by molar-refractivity contribution is -0.140. The number of sulfonamides is 1. The van der Waals surface area contributed by atoms with Crippen LogP contribution in [0.2, 0.25) is 0 Å². The van der Waals surface area contributed by atoms with Crippen LogP contribution in [0.4, 0.5) is 5.69 Å². The van der Waals surface area contributed by atoms with Gasteiger partial charge in [-0.2, -0.15) is 0 Å². The number of benzene rings is 4. The van der Waals surface area contributed by atoms with Crippen LogP contribution in [0, 0.1) is 20.8 Å². The van der Waals surface area contributed by atoms with Crippen LogP contribution in [0.5, 0.6) is 5.75 Å². The van der Waals surface area contributed by atoms with Crippen molar-refractivity contribution in [3.05, 3.63) is 125 Å². The predicted octanol–water partition coefficient (Wildman–Crippen LogP) is 5.59. The molecule has 0 aliphatic rings. The van der Waals surface area contributed by atoms with Crippen molar-refractivity contribution in [2.24, 2.45) is 0 Å². The molecule has 0 fully saturated rings. The van der Waals surface area contributed by atoms with Gasteiger partial charge in [-0.15, -0.1) is 0 Å². The topological polar surface area (TPSA) is 96.0 Å². The van der Waals surface area contributed by atoms with Crippen molar-refractivity contribution in [1.29, 1.82) is 0 Å². The first-order valence-electron chi connectivity index (χ1n) is 14.9. The molecule has 45 heavy (non-hydrogen) atoms. The Kier molecular flexibility index (Phi) is 11.0.